The van der Waals surface area contributed by atoms with Gasteiger partial charge in [0, 0.05) is 22.9 Å². The van der Waals surface area contributed by atoms with E-state index < -0.39 is 34.8 Å². The van der Waals surface area contributed by atoms with Crippen molar-refractivity contribution in [3.05, 3.63) is 89.5 Å². The van der Waals surface area contributed by atoms with Crippen molar-refractivity contribution < 1.29 is 42.5 Å². The van der Waals surface area contributed by atoms with E-state index in [0.29, 0.717) is 46.9 Å². The van der Waals surface area contributed by atoms with Gasteiger partial charge in [0.1, 0.15) is 59.0 Å². The fourth-order valence-electron chi connectivity index (χ4n) is 7.68. The smallest absolute Gasteiger partial charge is 0.323 e. The summed E-state index contributed by atoms with van der Waals surface area (Å²) in [4.78, 5) is 62.4. The highest BCUT2D eigenvalue weighted by atomic mass is 19.1. The van der Waals surface area contributed by atoms with Gasteiger partial charge in [-0.3, -0.25) is 29.2 Å². The molecule has 0 aromatic heterocycles. The second kappa shape index (κ2) is 16.1. The molecule has 4 aliphatic rings. The third kappa shape index (κ3) is 8.12. The van der Waals surface area contributed by atoms with Crippen molar-refractivity contribution >= 4 is 40.8 Å². The maximum Gasteiger partial charge on any atom is 0.323 e. The second-order valence-electron chi connectivity index (χ2n) is 13.8. The molecule has 54 heavy (non-hydrogen) atoms. The molecule has 14 heteroatoms. The fraction of sp³-hybridized carbons (Fsp3) is 0.400. The van der Waals surface area contributed by atoms with Gasteiger partial charge in [0.15, 0.2) is 0 Å². The van der Waals surface area contributed by atoms with E-state index in [1.807, 2.05) is 0 Å². The zero-order valence-corrected chi connectivity index (χ0v) is 30.3. The molecule has 7 rings (SSSR count). The third-order valence-corrected chi connectivity index (χ3v) is 10.3. The minimum Gasteiger partial charge on any atom is -0.497 e. The molecular formula is C40H43F2N5O7. The maximum absolute atomic E-state index is 13.4. The average molecular weight is 744 g/mol. The molecule has 284 valence electrons. The number of aliphatic imine (C=N–C) groups is 2. The molecule has 2 saturated carbocycles. The van der Waals surface area contributed by atoms with Crippen LogP contribution in [0.25, 0.3) is 0 Å². The van der Waals surface area contributed by atoms with Crippen molar-refractivity contribution in [1.82, 2.24) is 9.80 Å². The van der Waals surface area contributed by atoms with E-state index >= 15 is 0 Å². The third-order valence-electron chi connectivity index (χ3n) is 10.3. The van der Waals surface area contributed by atoms with Gasteiger partial charge in [0.25, 0.3) is 11.8 Å². The average Bonchev–Trinajstić information content (AvgIpc) is 3.56. The number of benzene rings is 3. The van der Waals surface area contributed by atoms with Crippen molar-refractivity contribution in [2.24, 2.45) is 9.98 Å². The zero-order chi connectivity index (χ0) is 38.5. The van der Waals surface area contributed by atoms with E-state index in [2.05, 4.69) is 5.32 Å². The van der Waals surface area contributed by atoms with Crippen molar-refractivity contribution in [3.8, 4) is 11.5 Å². The molecule has 2 aliphatic carbocycles. The number of carboxylic acids is 1. The lowest BCUT2D eigenvalue weighted by Gasteiger charge is -2.38. The minimum absolute atomic E-state index is 0.00290. The highest BCUT2D eigenvalue weighted by Gasteiger charge is 2.49. The van der Waals surface area contributed by atoms with Crippen molar-refractivity contribution in [3.63, 3.8) is 0 Å². The summed E-state index contributed by atoms with van der Waals surface area (Å²) in [6.07, 6.45) is 8.67. The highest BCUT2D eigenvalue weighted by Crippen LogP contribution is 2.41. The van der Waals surface area contributed by atoms with E-state index in [0.717, 1.165) is 69.6 Å². The van der Waals surface area contributed by atoms with Crippen LogP contribution in [0.3, 0.4) is 0 Å². The minimum atomic E-state index is -1.01. The van der Waals surface area contributed by atoms with Gasteiger partial charge in [0.05, 0.1) is 14.2 Å². The summed E-state index contributed by atoms with van der Waals surface area (Å²) in [7, 11) is 3.15. The van der Waals surface area contributed by atoms with Gasteiger partial charge in [-0.15, -0.1) is 0 Å². The standard InChI is InChI=1S/C23H23F2N3O3.C17H20N2O4/c1-31-19-7-5-15(6-8-19)21-22(30)28(23(27-21)9-3-2-4-10-23)14-20(29)26-18-12-16(24)11-17(25)13-18;1-23-13-7-5-12(6-8-13)15-16(22)19(11-14(20)21)17(18-15)9-3-2-4-10-17/h5-8,11-13H,2-4,9-10,14H2,1H3,(H,26,29);5-8H,2-4,9-11H2,1H3,(H,20,21). The molecule has 12 nitrogen and oxygen atoms in total. The molecule has 0 unspecified atom stereocenters. The van der Waals surface area contributed by atoms with Crippen molar-refractivity contribution in [1.29, 1.82) is 0 Å². The Morgan fingerprint density at radius 1 is 0.685 bits per heavy atom. The lowest BCUT2D eigenvalue weighted by molar-refractivity contribution is -0.145. The van der Waals surface area contributed by atoms with Crippen LogP contribution in [-0.4, -0.2) is 88.7 Å². The Bertz CT molecular complexity index is 1930. The molecule has 0 bridgehead atoms. The van der Waals surface area contributed by atoms with E-state index in [-0.39, 0.29) is 30.6 Å². The Morgan fingerprint density at radius 3 is 1.48 bits per heavy atom. The number of anilines is 1. The Labute approximate surface area is 311 Å². The molecule has 0 saturated heterocycles. The molecule has 2 fully saturated rings. The van der Waals surface area contributed by atoms with Crippen LogP contribution in [0.5, 0.6) is 11.5 Å². The normalized spacial score (nSPS) is 18.5. The maximum atomic E-state index is 13.4. The van der Waals surface area contributed by atoms with E-state index in [4.69, 9.17) is 24.6 Å². The highest BCUT2D eigenvalue weighted by molar-refractivity contribution is 6.47. The molecule has 0 radical (unpaired) electrons. The lowest BCUT2D eigenvalue weighted by Crippen LogP contribution is -2.51. The van der Waals surface area contributed by atoms with Gasteiger partial charge in [0.2, 0.25) is 5.91 Å². The Hall–Kier alpha value is -5.66. The summed E-state index contributed by atoms with van der Waals surface area (Å²) in [5, 5.41) is 11.7. The monoisotopic (exact) mass is 743 g/mol. The number of methoxy groups -OCH3 is 2. The van der Waals surface area contributed by atoms with Gasteiger partial charge in [-0.05, 0) is 112 Å². The molecule has 0 atom stereocenters. The van der Waals surface area contributed by atoms with Crippen LogP contribution in [0.15, 0.2) is 76.7 Å². The molecule has 2 aliphatic heterocycles. The van der Waals surface area contributed by atoms with Crippen LogP contribution >= 0.6 is 0 Å². The SMILES string of the molecule is COc1ccc(C2=NC3(CCCCC3)N(CC(=O)Nc3cc(F)cc(F)c3)C2=O)cc1.COc1ccc(C2=NC3(CCCCC3)N(CC(=O)O)C2=O)cc1. The molecular weight excluding hydrogens is 700 g/mol. The number of carbonyl (C=O) groups excluding carboxylic acids is 3. The number of carbonyl (C=O) groups is 4. The number of nitrogens with zero attached hydrogens (tertiary/aromatic N) is 4. The summed E-state index contributed by atoms with van der Waals surface area (Å²) in [6, 6.07) is 17.0. The Balaban J connectivity index is 0.000000193. The first-order valence-electron chi connectivity index (χ1n) is 18.1. The van der Waals surface area contributed by atoms with Gasteiger partial charge in [-0.25, -0.2) is 8.78 Å². The van der Waals surface area contributed by atoms with Crippen LogP contribution in [0, 0.1) is 11.6 Å². The number of hydrogen-bond donors (Lipinski definition) is 2. The number of ether oxygens (including phenoxy) is 2. The quantitative estimate of drug-likeness (QED) is 0.274. The van der Waals surface area contributed by atoms with Crippen molar-refractivity contribution in [2.75, 3.05) is 32.6 Å². The number of amides is 3. The van der Waals surface area contributed by atoms with Gasteiger partial charge in [-0.1, -0.05) is 12.8 Å². The van der Waals surface area contributed by atoms with Gasteiger partial charge < -0.3 is 29.7 Å². The van der Waals surface area contributed by atoms with E-state index in [1.165, 1.54) is 9.80 Å². The molecule has 3 amide bonds. The first-order valence-corrected chi connectivity index (χ1v) is 18.1. The summed E-state index contributed by atoms with van der Waals surface area (Å²) in [6.45, 7) is -0.553. The van der Waals surface area contributed by atoms with Crippen LogP contribution in [-0.2, 0) is 19.2 Å². The number of nitrogens with one attached hydrogen (secondary N) is 1. The Morgan fingerprint density at radius 2 is 1.09 bits per heavy atom. The predicted octanol–water partition coefficient (Wildman–Crippen LogP) is 5.98. The summed E-state index contributed by atoms with van der Waals surface area (Å²) >= 11 is 0. The number of carboxylic acid groups (broad SMARTS) is 1. The number of halogens is 2. The number of aliphatic carboxylic acids is 1. The lowest BCUT2D eigenvalue weighted by atomic mass is 9.88. The number of hydrogen-bond acceptors (Lipinski definition) is 8. The summed E-state index contributed by atoms with van der Waals surface area (Å²) in [5.41, 5.74) is 0.588. The molecule has 3 aromatic rings. The van der Waals surface area contributed by atoms with Gasteiger partial charge in [-0.2, -0.15) is 0 Å². The molecule has 2 N–H and O–H groups in total. The largest absolute Gasteiger partial charge is 0.497 e. The van der Waals surface area contributed by atoms with Crippen LogP contribution in [0.2, 0.25) is 0 Å². The zero-order valence-electron chi connectivity index (χ0n) is 30.3. The Kier molecular flexibility index (Phi) is 11.4. The first kappa shape index (κ1) is 38.1. The molecule has 2 spiro atoms. The second-order valence-corrected chi connectivity index (χ2v) is 13.8. The van der Waals surface area contributed by atoms with Gasteiger partial charge >= 0.3 is 5.97 Å². The topological polar surface area (TPSA) is 150 Å². The molecule has 2 heterocycles. The van der Waals surface area contributed by atoms with Crippen LogP contribution in [0.1, 0.15) is 75.3 Å². The molecule has 3 aromatic carbocycles. The van der Waals surface area contributed by atoms with E-state index in [1.54, 1.807) is 62.8 Å². The number of rotatable bonds is 9. The summed E-state index contributed by atoms with van der Waals surface area (Å²) in [5.74, 6) is -2.37. The van der Waals surface area contributed by atoms with Crippen molar-refractivity contribution in [2.45, 2.75) is 75.5 Å². The fourth-order valence-corrected chi connectivity index (χ4v) is 7.68. The predicted molar refractivity (Wildman–Crippen MR) is 197 cm³/mol. The van der Waals surface area contributed by atoms with Crippen LogP contribution in [0.4, 0.5) is 14.5 Å². The first-order chi connectivity index (χ1) is 26.0. The summed E-state index contributed by atoms with van der Waals surface area (Å²) < 4.78 is 37.2. The van der Waals surface area contributed by atoms with Crippen LogP contribution < -0.4 is 14.8 Å². The van der Waals surface area contributed by atoms with E-state index in [9.17, 15) is 28.0 Å².